The third-order valence-corrected chi connectivity index (χ3v) is 3.26. The number of hydrogen-bond acceptors (Lipinski definition) is 5. The van der Waals surface area contributed by atoms with E-state index in [9.17, 15) is 14.4 Å². The SMILES string of the molecule is CCOC(=O)CCCC(=O)c1cccc(CCC(=O)OCC)c1. The molecule has 0 bridgehead atoms. The van der Waals surface area contributed by atoms with Crippen LogP contribution in [-0.2, 0) is 25.5 Å². The quantitative estimate of drug-likeness (QED) is 0.489. The molecule has 5 heteroatoms. The Morgan fingerprint density at radius 3 is 2.22 bits per heavy atom. The van der Waals surface area contributed by atoms with Gasteiger partial charge < -0.3 is 9.47 Å². The molecular formula is C18H24O5. The first-order valence-electron chi connectivity index (χ1n) is 8.00. The molecule has 0 amide bonds. The minimum absolute atomic E-state index is 0.00715. The van der Waals surface area contributed by atoms with Crippen LogP contribution in [0.3, 0.4) is 0 Å². The minimum atomic E-state index is -0.275. The molecule has 0 atom stereocenters. The standard InChI is InChI=1S/C18H24O5/c1-3-22-17(20)10-6-9-16(19)15-8-5-7-14(13-15)11-12-18(21)23-4-2/h5,7-8,13H,3-4,6,9-12H2,1-2H3. The Morgan fingerprint density at radius 2 is 1.57 bits per heavy atom. The van der Waals surface area contributed by atoms with Crippen molar-refractivity contribution >= 4 is 17.7 Å². The van der Waals surface area contributed by atoms with Crippen molar-refractivity contribution in [3.8, 4) is 0 Å². The average Bonchev–Trinajstić information content (AvgIpc) is 2.53. The van der Waals surface area contributed by atoms with Crippen molar-refractivity contribution < 1.29 is 23.9 Å². The highest BCUT2D eigenvalue weighted by atomic mass is 16.5. The van der Waals surface area contributed by atoms with Gasteiger partial charge in [-0.25, -0.2) is 0 Å². The maximum atomic E-state index is 12.1. The maximum absolute atomic E-state index is 12.1. The highest BCUT2D eigenvalue weighted by Crippen LogP contribution is 2.12. The summed E-state index contributed by atoms with van der Waals surface area (Å²) in [5, 5.41) is 0. The summed E-state index contributed by atoms with van der Waals surface area (Å²) in [6, 6.07) is 7.24. The van der Waals surface area contributed by atoms with E-state index in [-0.39, 0.29) is 24.1 Å². The number of ketones is 1. The van der Waals surface area contributed by atoms with Crippen LogP contribution in [0.1, 0.15) is 55.5 Å². The number of aryl methyl sites for hydroxylation is 1. The molecule has 0 saturated heterocycles. The first-order valence-corrected chi connectivity index (χ1v) is 8.00. The van der Waals surface area contributed by atoms with Crippen LogP contribution in [0.4, 0.5) is 0 Å². The summed E-state index contributed by atoms with van der Waals surface area (Å²) in [7, 11) is 0. The van der Waals surface area contributed by atoms with Gasteiger partial charge in [0, 0.05) is 24.8 Å². The minimum Gasteiger partial charge on any atom is -0.466 e. The summed E-state index contributed by atoms with van der Waals surface area (Å²) in [4.78, 5) is 34.7. The van der Waals surface area contributed by atoms with Crippen LogP contribution in [0.15, 0.2) is 24.3 Å². The normalized spacial score (nSPS) is 10.2. The summed E-state index contributed by atoms with van der Waals surface area (Å²) in [6.45, 7) is 4.26. The number of ether oxygens (including phenoxy) is 2. The van der Waals surface area contributed by atoms with Gasteiger partial charge in [0.05, 0.1) is 13.2 Å². The van der Waals surface area contributed by atoms with Crippen LogP contribution >= 0.6 is 0 Å². The monoisotopic (exact) mass is 320 g/mol. The van der Waals surface area contributed by atoms with Gasteiger partial charge in [-0.05, 0) is 38.3 Å². The Bertz CT molecular complexity index is 536. The zero-order valence-electron chi connectivity index (χ0n) is 13.8. The molecule has 0 unspecified atom stereocenters. The molecule has 23 heavy (non-hydrogen) atoms. The fraction of sp³-hybridized carbons (Fsp3) is 0.500. The molecule has 0 heterocycles. The Balaban J connectivity index is 2.47. The van der Waals surface area contributed by atoms with Crippen LogP contribution in [0.5, 0.6) is 0 Å². The third kappa shape index (κ3) is 7.58. The van der Waals surface area contributed by atoms with Gasteiger partial charge in [-0.2, -0.15) is 0 Å². The molecule has 0 N–H and O–H groups in total. The van der Waals surface area contributed by atoms with Crippen LogP contribution in [0.25, 0.3) is 0 Å². The van der Waals surface area contributed by atoms with Crippen LogP contribution < -0.4 is 0 Å². The molecule has 0 aliphatic heterocycles. The smallest absolute Gasteiger partial charge is 0.306 e. The van der Waals surface area contributed by atoms with E-state index in [4.69, 9.17) is 9.47 Å². The van der Waals surface area contributed by atoms with Crippen molar-refractivity contribution in [2.45, 2.75) is 46.0 Å². The molecule has 0 saturated carbocycles. The van der Waals surface area contributed by atoms with Crippen molar-refractivity contribution in [3.63, 3.8) is 0 Å². The van der Waals surface area contributed by atoms with E-state index in [0.717, 1.165) is 5.56 Å². The fourth-order valence-corrected chi connectivity index (χ4v) is 2.15. The van der Waals surface area contributed by atoms with E-state index in [1.165, 1.54) is 0 Å². The first-order chi connectivity index (χ1) is 11.1. The summed E-state index contributed by atoms with van der Waals surface area (Å²) in [5.74, 6) is -0.519. The van der Waals surface area contributed by atoms with Gasteiger partial charge in [0.2, 0.25) is 0 Å². The molecule has 0 fully saturated rings. The van der Waals surface area contributed by atoms with Crippen molar-refractivity contribution in [1.82, 2.24) is 0 Å². The van der Waals surface area contributed by atoms with Gasteiger partial charge in [0.1, 0.15) is 0 Å². The summed E-state index contributed by atoms with van der Waals surface area (Å²) in [6.07, 6.45) is 1.88. The maximum Gasteiger partial charge on any atom is 0.306 e. The van der Waals surface area contributed by atoms with Gasteiger partial charge in [-0.1, -0.05) is 18.2 Å². The fourth-order valence-electron chi connectivity index (χ4n) is 2.15. The second kappa shape index (κ2) is 10.5. The molecule has 126 valence electrons. The lowest BCUT2D eigenvalue weighted by Crippen LogP contribution is -2.07. The number of carbonyl (C=O) groups is 3. The number of rotatable bonds is 10. The van der Waals surface area contributed by atoms with Gasteiger partial charge in [-0.3, -0.25) is 14.4 Å². The predicted molar refractivity (Wildman–Crippen MR) is 86.2 cm³/mol. The molecule has 1 rings (SSSR count). The first kappa shape index (κ1) is 18.9. The highest BCUT2D eigenvalue weighted by molar-refractivity contribution is 5.96. The van der Waals surface area contributed by atoms with Gasteiger partial charge in [-0.15, -0.1) is 0 Å². The lowest BCUT2D eigenvalue weighted by atomic mass is 10.0. The van der Waals surface area contributed by atoms with E-state index in [2.05, 4.69) is 0 Å². The van der Waals surface area contributed by atoms with Gasteiger partial charge in [0.25, 0.3) is 0 Å². The van der Waals surface area contributed by atoms with E-state index >= 15 is 0 Å². The van der Waals surface area contributed by atoms with Crippen LogP contribution in [0.2, 0.25) is 0 Å². The van der Waals surface area contributed by atoms with Crippen LogP contribution in [0, 0.1) is 0 Å². The Labute approximate surface area is 137 Å². The average molecular weight is 320 g/mol. The zero-order valence-corrected chi connectivity index (χ0v) is 13.8. The lowest BCUT2D eigenvalue weighted by molar-refractivity contribution is -0.144. The summed E-state index contributed by atoms with van der Waals surface area (Å²) in [5.41, 5.74) is 1.53. The molecule has 0 aromatic heterocycles. The van der Waals surface area contributed by atoms with Gasteiger partial charge in [0.15, 0.2) is 5.78 Å². The summed E-state index contributed by atoms with van der Waals surface area (Å²) < 4.78 is 9.72. The Hall–Kier alpha value is -2.17. The number of benzene rings is 1. The van der Waals surface area contributed by atoms with E-state index in [1.807, 2.05) is 6.07 Å². The molecule has 1 aromatic carbocycles. The molecular weight excluding hydrogens is 296 g/mol. The van der Waals surface area contributed by atoms with Crippen molar-refractivity contribution in [2.75, 3.05) is 13.2 Å². The largest absolute Gasteiger partial charge is 0.466 e. The zero-order chi connectivity index (χ0) is 17.1. The van der Waals surface area contributed by atoms with E-state index in [0.29, 0.717) is 44.5 Å². The highest BCUT2D eigenvalue weighted by Gasteiger charge is 2.10. The predicted octanol–water partition coefficient (Wildman–Crippen LogP) is 3.10. The molecule has 0 aliphatic rings. The Morgan fingerprint density at radius 1 is 0.913 bits per heavy atom. The number of carbonyl (C=O) groups excluding carboxylic acids is 3. The third-order valence-electron chi connectivity index (χ3n) is 3.26. The van der Waals surface area contributed by atoms with Crippen LogP contribution in [-0.4, -0.2) is 30.9 Å². The number of hydrogen-bond donors (Lipinski definition) is 0. The second-order valence-electron chi connectivity index (χ2n) is 5.09. The van der Waals surface area contributed by atoms with Crippen molar-refractivity contribution in [2.24, 2.45) is 0 Å². The second-order valence-corrected chi connectivity index (χ2v) is 5.09. The molecule has 0 aliphatic carbocycles. The topological polar surface area (TPSA) is 69.7 Å². The van der Waals surface area contributed by atoms with Crippen molar-refractivity contribution in [1.29, 1.82) is 0 Å². The lowest BCUT2D eigenvalue weighted by Gasteiger charge is -2.05. The van der Waals surface area contributed by atoms with E-state index in [1.54, 1.807) is 32.0 Å². The number of esters is 2. The Kier molecular flexibility index (Phi) is 8.65. The summed E-state index contributed by atoms with van der Waals surface area (Å²) >= 11 is 0. The molecule has 5 nitrogen and oxygen atoms in total. The van der Waals surface area contributed by atoms with E-state index < -0.39 is 0 Å². The van der Waals surface area contributed by atoms with Crippen molar-refractivity contribution in [3.05, 3.63) is 35.4 Å². The molecule has 0 spiro atoms. The molecule has 1 aromatic rings. The van der Waals surface area contributed by atoms with Gasteiger partial charge >= 0.3 is 11.9 Å². The number of Topliss-reactive ketones (excluding diaryl/α,β-unsaturated/α-hetero) is 1. The molecule has 0 radical (unpaired) electrons.